The molecule has 0 saturated carbocycles. The van der Waals surface area contributed by atoms with E-state index in [1.807, 2.05) is 33.8 Å². The monoisotopic (exact) mass is 502 g/mol. The standard InChI is InChI=1S/C28H46N4O4/c1-18(2)24(16-21(7)26(33)29-17-22-12-11-15-36-22)31(8)28(35)25(19(3)4)30-27(34)23-13-9-10-14-32(23)20(5)6/h11-12,15-16,18-20,23-25H,9-10,13-14,17H2,1-8H3,(H,29,33)(H,30,34)/b21-16+/t23-,24-,25+/m1/s1. The van der Waals surface area contributed by atoms with Crippen molar-refractivity contribution in [1.29, 1.82) is 0 Å². The number of carbonyl (C=O) groups is 3. The molecule has 0 radical (unpaired) electrons. The lowest BCUT2D eigenvalue weighted by atomic mass is 9.95. The van der Waals surface area contributed by atoms with E-state index in [0.29, 0.717) is 17.9 Å². The van der Waals surface area contributed by atoms with Crippen molar-refractivity contribution < 1.29 is 18.8 Å². The van der Waals surface area contributed by atoms with Gasteiger partial charge in [-0.05, 0) is 64.1 Å². The molecule has 8 nitrogen and oxygen atoms in total. The van der Waals surface area contributed by atoms with Crippen LogP contribution in [-0.4, -0.2) is 65.3 Å². The normalized spacial score (nSPS) is 18.9. The first-order valence-corrected chi connectivity index (χ1v) is 13.3. The summed E-state index contributed by atoms with van der Waals surface area (Å²) in [5, 5.41) is 5.92. The van der Waals surface area contributed by atoms with E-state index in [1.54, 1.807) is 37.3 Å². The Morgan fingerprint density at radius 3 is 2.39 bits per heavy atom. The molecule has 36 heavy (non-hydrogen) atoms. The molecule has 202 valence electrons. The molecular formula is C28H46N4O4. The second kappa shape index (κ2) is 13.6. The SMILES string of the molecule is C/C(=C\[C@H](C(C)C)N(C)C(=O)[C@@H](NC(=O)[C@H]1CCCCN1C(C)C)C(C)C)C(=O)NCc1ccco1. The molecular weight excluding hydrogens is 456 g/mol. The number of nitrogens with zero attached hydrogens (tertiary/aromatic N) is 2. The van der Waals surface area contributed by atoms with Crippen LogP contribution in [0.5, 0.6) is 0 Å². The lowest BCUT2D eigenvalue weighted by Crippen LogP contribution is -2.58. The smallest absolute Gasteiger partial charge is 0.247 e. The predicted octanol–water partition coefficient (Wildman–Crippen LogP) is 3.73. The van der Waals surface area contributed by atoms with E-state index in [1.165, 1.54) is 0 Å². The van der Waals surface area contributed by atoms with Crippen LogP contribution in [0.15, 0.2) is 34.5 Å². The van der Waals surface area contributed by atoms with Gasteiger partial charge in [0.2, 0.25) is 17.7 Å². The number of piperidine rings is 1. The fraction of sp³-hybridized carbons (Fsp3) is 0.679. The summed E-state index contributed by atoms with van der Waals surface area (Å²) in [5.74, 6) is 0.239. The van der Waals surface area contributed by atoms with Gasteiger partial charge < -0.3 is 20.0 Å². The van der Waals surface area contributed by atoms with Crippen LogP contribution in [0.4, 0.5) is 0 Å². The zero-order valence-corrected chi connectivity index (χ0v) is 23.3. The van der Waals surface area contributed by atoms with Gasteiger partial charge in [-0.3, -0.25) is 19.3 Å². The Kier molecular flexibility index (Phi) is 11.2. The summed E-state index contributed by atoms with van der Waals surface area (Å²) in [5.41, 5.74) is 0.528. The van der Waals surface area contributed by atoms with Crippen molar-refractivity contribution >= 4 is 17.7 Å². The summed E-state index contributed by atoms with van der Waals surface area (Å²) in [6, 6.07) is 2.70. The maximum absolute atomic E-state index is 13.7. The van der Waals surface area contributed by atoms with E-state index in [-0.39, 0.29) is 47.7 Å². The zero-order chi connectivity index (χ0) is 27.0. The van der Waals surface area contributed by atoms with Gasteiger partial charge in [-0.1, -0.05) is 40.2 Å². The molecule has 0 unspecified atom stereocenters. The van der Waals surface area contributed by atoms with Crippen LogP contribution in [0.25, 0.3) is 0 Å². The molecule has 0 bridgehead atoms. The number of amides is 3. The Morgan fingerprint density at radius 1 is 1.14 bits per heavy atom. The zero-order valence-electron chi connectivity index (χ0n) is 23.3. The van der Waals surface area contributed by atoms with Crippen molar-refractivity contribution in [3.63, 3.8) is 0 Å². The molecule has 3 atom stereocenters. The Bertz CT molecular complexity index is 891. The van der Waals surface area contributed by atoms with E-state index < -0.39 is 6.04 Å². The predicted molar refractivity (Wildman–Crippen MR) is 142 cm³/mol. The van der Waals surface area contributed by atoms with E-state index >= 15 is 0 Å². The molecule has 2 N–H and O–H groups in total. The molecule has 1 fully saturated rings. The summed E-state index contributed by atoms with van der Waals surface area (Å²) < 4.78 is 5.27. The van der Waals surface area contributed by atoms with Crippen molar-refractivity contribution in [3.8, 4) is 0 Å². The van der Waals surface area contributed by atoms with Gasteiger partial charge in [0.15, 0.2) is 0 Å². The van der Waals surface area contributed by atoms with Gasteiger partial charge in [0.05, 0.1) is 24.9 Å². The summed E-state index contributed by atoms with van der Waals surface area (Å²) in [6.07, 6.45) is 6.32. The molecule has 0 aliphatic carbocycles. The highest BCUT2D eigenvalue weighted by Gasteiger charge is 2.36. The quantitative estimate of drug-likeness (QED) is 0.450. The third-order valence-corrected chi connectivity index (χ3v) is 7.00. The van der Waals surface area contributed by atoms with Gasteiger partial charge in [-0.25, -0.2) is 0 Å². The van der Waals surface area contributed by atoms with Gasteiger partial charge in [0.1, 0.15) is 11.8 Å². The average molecular weight is 503 g/mol. The molecule has 0 aromatic carbocycles. The highest BCUT2D eigenvalue weighted by Crippen LogP contribution is 2.21. The van der Waals surface area contributed by atoms with Crippen molar-refractivity contribution in [1.82, 2.24) is 20.4 Å². The highest BCUT2D eigenvalue weighted by molar-refractivity contribution is 5.93. The third kappa shape index (κ3) is 7.95. The molecule has 8 heteroatoms. The van der Waals surface area contributed by atoms with Crippen LogP contribution in [0.2, 0.25) is 0 Å². The van der Waals surface area contributed by atoms with Gasteiger partial charge in [0, 0.05) is 18.7 Å². The summed E-state index contributed by atoms with van der Waals surface area (Å²) in [4.78, 5) is 43.5. The first kappa shape index (κ1) is 29.6. The molecule has 1 aliphatic heterocycles. The maximum Gasteiger partial charge on any atom is 0.247 e. The van der Waals surface area contributed by atoms with Gasteiger partial charge in [-0.15, -0.1) is 0 Å². The Labute approximate surface area is 216 Å². The number of hydrogen-bond acceptors (Lipinski definition) is 5. The van der Waals surface area contributed by atoms with Crippen LogP contribution in [0.1, 0.15) is 73.5 Å². The Hall–Kier alpha value is -2.61. The molecule has 1 aliphatic rings. The van der Waals surface area contributed by atoms with Crippen LogP contribution >= 0.6 is 0 Å². The summed E-state index contributed by atoms with van der Waals surface area (Å²) in [7, 11) is 1.75. The molecule has 1 aromatic heterocycles. The largest absolute Gasteiger partial charge is 0.467 e. The number of carbonyl (C=O) groups excluding carboxylic acids is 3. The van der Waals surface area contributed by atoms with E-state index in [4.69, 9.17) is 4.42 Å². The summed E-state index contributed by atoms with van der Waals surface area (Å²) >= 11 is 0. The van der Waals surface area contributed by atoms with Crippen molar-refractivity contribution in [2.75, 3.05) is 13.6 Å². The average Bonchev–Trinajstić information content (AvgIpc) is 3.36. The molecule has 1 saturated heterocycles. The van der Waals surface area contributed by atoms with Crippen molar-refractivity contribution in [2.24, 2.45) is 11.8 Å². The number of rotatable bonds is 11. The lowest BCUT2D eigenvalue weighted by Gasteiger charge is -2.39. The van der Waals surface area contributed by atoms with E-state index in [9.17, 15) is 14.4 Å². The van der Waals surface area contributed by atoms with E-state index in [2.05, 4.69) is 29.4 Å². The number of likely N-dealkylation sites (tertiary alicyclic amines) is 1. The minimum Gasteiger partial charge on any atom is -0.467 e. The second-order valence-corrected chi connectivity index (χ2v) is 10.9. The first-order chi connectivity index (χ1) is 16.9. The van der Waals surface area contributed by atoms with Crippen LogP contribution in [0, 0.1) is 11.8 Å². The number of furan rings is 1. The van der Waals surface area contributed by atoms with Crippen LogP contribution < -0.4 is 10.6 Å². The molecule has 1 aromatic rings. The Morgan fingerprint density at radius 2 is 1.83 bits per heavy atom. The van der Waals surface area contributed by atoms with Gasteiger partial charge >= 0.3 is 0 Å². The van der Waals surface area contributed by atoms with Crippen molar-refractivity contribution in [2.45, 2.75) is 98.4 Å². The number of likely N-dealkylation sites (N-methyl/N-ethyl adjacent to an activating group) is 1. The minimum absolute atomic E-state index is 0.0741. The molecule has 2 heterocycles. The number of hydrogen-bond donors (Lipinski definition) is 2. The van der Waals surface area contributed by atoms with Gasteiger partial charge in [-0.2, -0.15) is 0 Å². The minimum atomic E-state index is -0.638. The number of nitrogens with one attached hydrogen (secondary N) is 2. The third-order valence-electron chi connectivity index (χ3n) is 7.00. The first-order valence-electron chi connectivity index (χ1n) is 13.3. The topological polar surface area (TPSA) is 94.9 Å². The summed E-state index contributed by atoms with van der Waals surface area (Å²) in [6.45, 7) is 15.1. The molecule has 0 spiro atoms. The van der Waals surface area contributed by atoms with Crippen molar-refractivity contribution in [3.05, 3.63) is 35.8 Å². The molecule has 2 rings (SSSR count). The van der Waals surface area contributed by atoms with Crippen LogP contribution in [0.3, 0.4) is 0 Å². The highest BCUT2D eigenvalue weighted by atomic mass is 16.3. The van der Waals surface area contributed by atoms with E-state index in [0.717, 1.165) is 25.8 Å². The fourth-order valence-electron chi connectivity index (χ4n) is 4.79. The maximum atomic E-state index is 13.7. The fourth-order valence-corrected chi connectivity index (χ4v) is 4.79. The Balaban J connectivity index is 2.13. The van der Waals surface area contributed by atoms with Gasteiger partial charge in [0.25, 0.3) is 0 Å². The second-order valence-electron chi connectivity index (χ2n) is 10.9. The lowest BCUT2D eigenvalue weighted by molar-refractivity contribution is -0.140. The molecule has 3 amide bonds. The van der Waals surface area contributed by atoms with Crippen LogP contribution in [-0.2, 0) is 20.9 Å².